The fourth-order valence-electron chi connectivity index (χ4n) is 3.16. The molecule has 0 radical (unpaired) electrons. The molecule has 156 valence electrons. The molecular formula is C20H20N4O4S2. The molecule has 0 fully saturated rings. The Hall–Kier alpha value is -2.98. The summed E-state index contributed by atoms with van der Waals surface area (Å²) in [4.78, 5) is 21.6. The molecule has 1 amide bonds. The van der Waals surface area contributed by atoms with Crippen molar-refractivity contribution in [1.29, 1.82) is 0 Å². The number of nitrogens with zero attached hydrogens (tertiary/aromatic N) is 3. The predicted octanol–water partition coefficient (Wildman–Crippen LogP) is 3.23. The van der Waals surface area contributed by atoms with Crippen molar-refractivity contribution >= 4 is 53.5 Å². The highest BCUT2D eigenvalue weighted by molar-refractivity contribution is 7.89. The summed E-state index contributed by atoms with van der Waals surface area (Å²) in [5.41, 5.74) is 2.12. The van der Waals surface area contributed by atoms with Crippen LogP contribution in [0.15, 0.2) is 42.5 Å². The first-order valence-electron chi connectivity index (χ1n) is 9.27. The van der Waals surface area contributed by atoms with Crippen molar-refractivity contribution in [3.8, 4) is 5.75 Å². The molecule has 4 rings (SSSR count). The molecule has 0 saturated carbocycles. The van der Waals surface area contributed by atoms with E-state index in [0.717, 1.165) is 22.2 Å². The molecule has 2 aromatic carbocycles. The van der Waals surface area contributed by atoms with Crippen molar-refractivity contribution in [2.75, 3.05) is 18.2 Å². The second-order valence-corrected chi connectivity index (χ2v) is 9.97. The van der Waals surface area contributed by atoms with E-state index >= 15 is 0 Å². The number of fused-ring (bicyclic) bond motifs is 2. The van der Waals surface area contributed by atoms with Crippen LogP contribution in [0.3, 0.4) is 0 Å². The Morgan fingerprint density at radius 1 is 1.17 bits per heavy atom. The summed E-state index contributed by atoms with van der Waals surface area (Å²) in [5.74, 6) is 0.536. The SMILES string of the molecule is CCOc1ccc2nc(NC(=O)Cn3c(CS(C)(=O)=O)nc4ccccc43)sc2c1. The smallest absolute Gasteiger partial charge is 0.246 e. The van der Waals surface area contributed by atoms with Crippen LogP contribution in [0.25, 0.3) is 21.3 Å². The maximum absolute atomic E-state index is 12.7. The molecule has 10 heteroatoms. The van der Waals surface area contributed by atoms with Gasteiger partial charge < -0.3 is 14.6 Å². The van der Waals surface area contributed by atoms with Gasteiger partial charge in [-0.05, 0) is 37.3 Å². The average Bonchev–Trinajstić information content (AvgIpc) is 3.21. The van der Waals surface area contributed by atoms with E-state index < -0.39 is 9.84 Å². The highest BCUT2D eigenvalue weighted by Crippen LogP contribution is 2.29. The summed E-state index contributed by atoms with van der Waals surface area (Å²) in [6.45, 7) is 2.43. The third kappa shape index (κ3) is 4.44. The molecule has 0 aliphatic rings. The summed E-state index contributed by atoms with van der Waals surface area (Å²) < 4.78 is 31.7. The lowest BCUT2D eigenvalue weighted by atomic mass is 10.3. The van der Waals surface area contributed by atoms with Crippen LogP contribution in [0, 0.1) is 0 Å². The van der Waals surface area contributed by atoms with Gasteiger partial charge in [0, 0.05) is 6.26 Å². The Labute approximate surface area is 177 Å². The predicted molar refractivity (Wildman–Crippen MR) is 118 cm³/mol. The van der Waals surface area contributed by atoms with E-state index in [1.165, 1.54) is 11.3 Å². The molecule has 0 saturated heterocycles. The topological polar surface area (TPSA) is 103 Å². The summed E-state index contributed by atoms with van der Waals surface area (Å²) in [7, 11) is -3.31. The second-order valence-electron chi connectivity index (χ2n) is 6.80. The molecule has 0 unspecified atom stereocenters. The van der Waals surface area contributed by atoms with Gasteiger partial charge in [-0.25, -0.2) is 18.4 Å². The van der Waals surface area contributed by atoms with E-state index in [0.29, 0.717) is 28.6 Å². The zero-order valence-electron chi connectivity index (χ0n) is 16.5. The van der Waals surface area contributed by atoms with Crippen molar-refractivity contribution in [2.24, 2.45) is 0 Å². The van der Waals surface area contributed by atoms with Crippen LogP contribution >= 0.6 is 11.3 Å². The van der Waals surface area contributed by atoms with Gasteiger partial charge in [0.2, 0.25) is 5.91 Å². The van der Waals surface area contributed by atoms with Crippen LogP contribution in [0.4, 0.5) is 5.13 Å². The van der Waals surface area contributed by atoms with Crippen LogP contribution in [-0.4, -0.2) is 41.7 Å². The number of carbonyl (C=O) groups excluding carboxylic acids is 1. The van der Waals surface area contributed by atoms with Gasteiger partial charge in [0.1, 0.15) is 23.9 Å². The minimum atomic E-state index is -3.31. The number of aromatic nitrogens is 3. The van der Waals surface area contributed by atoms with E-state index in [2.05, 4.69) is 15.3 Å². The number of anilines is 1. The summed E-state index contributed by atoms with van der Waals surface area (Å²) in [6.07, 6.45) is 1.15. The fourth-order valence-corrected chi connectivity index (χ4v) is 4.76. The highest BCUT2D eigenvalue weighted by atomic mass is 32.2. The van der Waals surface area contributed by atoms with E-state index in [9.17, 15) is 13.2 Å². The van der Waals surface area contributed by atoms with Gasteiger partial charge in [0.15, 0.2) is 15.0 Å². The number of benzene rings is 2. The standard InChI is InChI=1S/C20H20N4O4S2/c1-3-28-13-8-9-15-17(10-13)29-20(22-15)23-19(25)11-24-16-7-5-4-6-14(16)21-18(24)12-30(2,26)27/h4-10H,3,11-12H2,1-2H3,(H,22,23,25). The quantitative estimate of drug-likeness (QED) is 0.469. The maximum Gasteiger partial charge on any atom is 0.246 e. The molecule has 2 aromatic heterocycles. The van der Waals surface area contributed by atoms with Gasteiger partial charge in [0.25, 0.3) is 0 Å². The third-order valence-electron chi connectivity index (χ3n) is 4.34. The van der Waals surface area contributed by atoms with Crippen LogP contribution in [-0.2, 0) is 26.9 Å². The molecule has 0 atom stereocenters. The van der Waals surface area contributed by atoms with Crippen LogP contribution in [0.5, 0.6) is 5.75 Å². The number of thiazole rings is 1. The van der Waals surface area contributed by atoms with Gasteiger partial charge in [-0.15, -0.1) is 0 Å². The number of para-hydroxylation sites is 2. The number of ether oxygens (including phenoxy) is 1. The lowest BCUT2D eigenvalue weighted by Crippen LogP contribution is -2.21. The van der Waals surface area contributed by atoms with E-state index in [-0.39, 0.29) is 18.2 Å². The van der Waals surface area contributed by atoms with E-state index in [1.807, 2.05) is 43.3 Å². The van der Waals surface area contributed by atoms with Crippen molar-refractivity contribution in [3.63, 3.8) is 0 Å². The Morgan fingerprint density at radius 3 is 2.73 bits per heavy atom. The van der Waals surface area contributed by atoms with Crippen molar-refractivity contribution < 1.29 is 17.9 Å². The maximum atomic E-state index is 12.7. The lowest BCUT2D eigenvalue weighted by molar-refractivity contribution is -0.116. The molecule has 0 spiro atoms. The second kappa shape index (κ2) is 8.04. The number of amides is 1. The molecule has 30 heavy (non-hydrogen) atoms. The number of carbonyl (C=O) groups is 1. The van der Waals surface area contributed by atoms with Gasteiger partial charge in [-0.2, -0.15) is 0 Å². The number of sulfone groups is 1. The average molecular weight is 445 g/mol. The Morgan fingerprint density at radius 2 is 1.97 bits per heavy atom. The number of hydrogen-bond donors (Lipinski definition) is 1. The largest absolute Gasteiger partial charge is 0.494 e. The summed E-state index contributed by atoms with van der Waals surface area (Å²) in [5, 5.41) is 3.28. The fraction of sp³-hybridized carbons (Fsp3) is 0.250. The van der Waals surface area contributed by atoms with Crippen molar-refractivity contribution in [3.05, 3.63) is 48.3 Å². The molecule has 1 N–H and O–H groups in total. The number of imidazole rings is 1. The number of rotatable bonds is 7. The lowest BCUT2D eigenvalue weighted by Gasteiger charge is -2.08. The van der Waals surface area contributed by atoms with Gasteiger partial charge in [-0.3, -0.25) is 4.79 Å². The molecule has 4 aromatic rings. The minimum Gasteiger partial charge on any atom is -0.494 e. The zero-order chi connectivity index (χ0) is 21.3. The van der Waals surface area contributed by atoms with Crippen molar-refractivity contribution in [1.82, 2.24) is 14.5 Å². The number of nitrogens with one attached hydrogen (secondary N) is 1. The molecule has 0 bridgehead atoms. The monoisotopic (exact) mass is 444 g/mol. The Balaban J connectivity index is 1.59. The highest BCUT2D eigenvalue weighted by Gasteiger charge is 2.18. The van der Waals surface area contributed by atoms with Crippen molar-refractivity contribution in [2.45, 2.75) is 19.2 Å². The van der Waals surface area contributed by atoms with Gasteiger partial charge in [0.05, 0.1) is 27.9 Å². The van der Waals surface area contributed by atoms with E-state index in [1.54, 1.807) is 10.6 Å². The summed E-state index contributed by atoms with van der Waals surface area (Å²) >= 11 is 1.35. The molecule has 0 aliphatic heterocycles. The molecule has 0 aliphatic carbocycles. The first-order chi connectivity index (χ1) is 14.3. The van der Waals surface area contributed by atoms with Crippen LogP contribution in [0.1, 0.15) is 12.7 Å². The minimum absolute atomic E-state index is 0.0640. The molecule has 8 nitrogen and oxygen atoms in total. The summed E-state index contributed by atoms with van der Waals surface area (Å²) in [6, 6.07) is 12.8. The third-order valence-corrected chi connectivity index (χ3v) is 6.06. The Kier molecular flexibility index (Phi) is 5.44. The Bertz CT molecular complexity index is 1340. The normalized spacial score (nSPS) is 11.8. The molecule has 2 heterocycles. The van der Waals surface area contributed by atoms with Gasteiger partial charge >= 0.3 is 0 Å². The number of hydrogen-bond acceptors (Lipinski definition) is 7. The first kappa shape index (κ1) is 20.3. The van der Waals surface area contributed by atoms with Gasteiger partial charge in [-0.1, -0.05) is 23.5 Å². The van der Waals surface area contributed by atoms with Crippen LogP contribution < -0.4 is 10.1 Å². The zero-order valence-corrected chi connectivity index (χ0v) is 18.1. The first-order valence-corrected chi connectivity index (χ1v) is 12.1. The van der Waals surface area contributed by atoms with E-state index in [4.69, 9.17) is 4.74 Å². The molecular weight excluding hydrogens is 424 g/mol. The van der Waals surface area contributed by atoms with Crippen LogP contribution in [0.2, 0.25) is 0 Å².